The van der Waals surface area contributed by atoms with Gasteiger partial charge < -0.3 is 23.1 Å². The van der Waals surface area contributed by atoms with Crippen molar-refractivity contribution in [3.8, 4) is 0 Å². The summed E-state index contributed by atoms with van der Waals surface area (Å²) >= 11 is 0. The van der Waals surface area contributed by atoms with E-state index in [4.69, 9.17) is 0 Å². The second-order valence-electron chi connectivity index (χ2n) is 3.93. The number of halogens is 2. The minimum Gasteiger partial charge on any atom is -1.00 e. The Labute approximate surface area is 109 Å². The van der Waals surface area contributed by atoms with Gasteiger partial charge in [-0.2, -0.15) is 0 Å². The molecule has 0 saturated heterocycles. The van der Waals surface area contributed by atoms with Gasteiger partial charge in [0.15, 0.2) is 0 Å². The highest BCUT2D eigenvalue weighted by atomic mass is 79.9. The SMILES string of the molecule is Br.C[P+](C)(C)Cc1ccccc1.N.[Br-]. The van der Waals surface area contributed by atoms with Gasteiger partial charge in [0, 0.05) is 27.3 Å². The van der Waals surface area contributed by atoms with Gasteiger partial charge in [0.1, 0.15) is 0 Å². The fourth-order valence-corrected chi connectivity index (χ4v) is 2.44. The highest BCUT2D eigenvalue weighted by molar-refractivity contribution is 8.93. The third kappa shape index (κ3) is 9.14. The van der Waals surface area contributed by atoms with E-state index in [-0.39, 0.29) is 40.1 Å². The summed E-state index contributed by atoms with van der Waals surface area (Å²) in [5.41, 5.74) is 1.48. The molecule has 0 aromatic heterocycles. The Morgan fingerprint density at radius 3 is 1.79 bits per heavy atom. The molecule has 0 aliphatic heterocycles. The number of hydrogen-bond acceptors (Lipinski definition) is 1. The van der Waals surface area contributed by atoms with E-state index in [1.807, 2.05) is 0 Å². The largest absolute Gasteiger partial charge is 1.00 e. The molecule has 0 atom stereocenters. The summed E-state index contributed by atoms with van der Waals surface area (Å²) in [5.74, 6) is 0. The lowest BCUT2D eigenvalue weighted by Gasteiger charge is -2.10. The maximum Gasteiger partial charge on any atom is 0.0834 e. The van der Waals surface area contributed by atoms with E-state index < -0.39 is 7.26 Å². The number of benzene rings is 1. The second kappa shape index (κ2) is 8.84. The molecule has 1 rings (SSSR count). The van der Waals surface area contributed by atoms with Crippen LogP contribution >= 0.6 is 24.2 Å². The van der Waals surface area contributed by atoms with E-state index in [9.17, 15) is 0 Å². The molecular formula is C10H20Br2NP. The Balaban J connectivity index is -0.000000403. The highest BCUT2D eigenvalue weighted by Gasteiger charge is 2.16. The molecule has 0 bridgehead atoms. The van der Waals surface area contributed by atoms with Crippen LogP contribution < -0.4 is 23.1 Å². The van der Waals surface area contributed by atoms with Crippen LogP contribution in [0.2, 0.25) is 0 Å². The smallest absolute Gasteiger partial charge is 0.0834 e. The molecule has 0 saturated carbocycles. The maximum absolute atomic E-state index is 2.38. The van der Waals surface area contributed by atoms with Crippen LogP contribution in [0, 0.1) is 0 Å². The van der Waals surface area contributed by atoms with Crippen molar-refractivity contribution < 1.29 is 17.0 Å². The average Bonchev–Trinajstić information content (AvgIpc) is 1.85. The van der Waals surface area contributed by atoms with Crippen molar-refractivity contribution in [2.24, 2.45) is 0 Å². The summed E-state index contributed by atoms with van der Waals surface area (Å²) in [4.78, 5) is 0. The molecule has 0 fully saturated rings. The monoisotopic (exact) mass is 343 g/mol. The summed E-state index contributed by atoms with van der Waals surface area (Å²) in [6.45, 7) is 7.12. The van der Waals surface area contributed by atoms with Crippen molar-refractivity contribution in [1.82, 2.24) is 6.15 Å². The average molecular weight is 345 g/mol. The van der Waals surface area contributed by atoms with Crippen LogP contribution in [0.15, 0.2) is 30.3 Å². The fourth-order valence-electron chi connectivity index (χ4n) is 1.13. The van der Waals surface area contributed by atoms with Crippen molar-refractivity contribution >= 4 is 24.2 Å². The van der Waals surface area contributed by atoms with E-state index in [1.54, 1.807) is 0 Å². The van der Waals surface area contributed by atoms with Crippen LogP contribution in [0.25, 0.3) is 0 Å². The van der Waals surface area contributed by atoms with Gasteiger partial charge in [-0.05, 0) is 5.56 Å². The molecule has 14 heavy (non-hydrogen) atoms. The van der Waals surface area contributed by atoms with E-state index in [2.05, 4.69) is 50.3 Å². The van der Waals surface area contributed by atoms with E-state index in [0.717, 1.165) is 0 Å². The molecule has 0 spiro atoms. The van der Waals surface area contributed by atoms with Crippen molar-refractivity contribution in [3.63, 3.8) is 0 Å². The Morgan fingerprint density at radius 2 is 1.43 bits per heavy atom. The first-order chi connectivity index (χ1) is 5.08. The number of rotatable bonds is 2. The zero-order valence-electron chi connectivity index (χ0n) is 9.03. The summed E-state index contributed by atoms with van der Waals surface area (Å²) in [5, 5.41) is 0. The molecule has 1 nitrogen and oxygen atoms in total. The molecule has 4 heteroatoms. The van der Waals surface area contributed by atoms with E-state index >= 15 is 0 Å². The van der Waals surface area contributed by atoms with Crippen molar-refractivity contribution in [2.45, 2.75) is 6.16 Å². The third-order valence-corrected chi connectivity index (χ3v) is 2.81. The minimum absolute atomic E-state index is 0. The van der Waals surface area contributed by atoms with Crippen molar-refractivity contribution in [2.75, 3.05) is 20.0 Å². The predicted octanol–water partition coefficient (Wildman–Crippen LogP) is 0.837. The summed E-state index contributed by atoms with van der Waals surface area (Å²) < 4.78 is 0. The molecule has 0 aliphatic carbocycles. The minimum atomic E-state index is -0.638. The van der Waals surface area contributed by atoms with Gasteiger partial charge in [-0.1, -0.05) is 30.3 Å². The molecule has 0 aliphatic rings. The number of hydrogen-bond donors (Lipinski definition) is 1. The topological polar surface area (TPSA) is 35.0 Å². The molecule has 1 aromatic carbocycles. The van der Waals surface area contributed by atoms with Gasteiger partial charge in [-0.3, -0.25) is 0 Å². The van der Waals surface area contributed by atoms with Gasteiger partial charge in [0.25, 0.3) is 0 Å². The standard InChI is InChI=1S/C10H16P.2BrH.H3N/c1-11(2,3)9-10-7-5-4-6-8-10;;;/h4-8H,9H2,1-3H3;2*1H;1H3/q+1;;;/p-1. The van der Waals surface area contributed by atoms with E-state index in [1.165, 1.54) is 11.7 Å². The molecular weight excluding hydrogens is 325 g/mol. The molecule has 1 aromatic rings. The molecule has 84 valence electrons. The quantitative estimate of drug-likeness (QED) is 0.793. The lowest BCUT2D eigenvalue weighted by atomic mass is 10.2. The van der Waals surface area contributed by atoms with Gasteiger partial charge in [-0.25, -0.2) is 0 Å². The first-order valence-corrected chi connectivity index (χ1v) is 7.24. The van der Waals surface area contributed by atoms with Gasteiger partial charge >= 0.3 is 0 Å². The lowest BCUT2D eigenvalue weighted by molar-refractivity contribution is -0.00000320. The van der Waals surface area contributed by atoms with Gasteiger partial charge in [0.2, 0.25) is 0 Å². The summed E-state index contributed by atoms with van der Waals surface area (Å²) in [6, 6.07) is 10.7. The Kier molecular flexibility index (Phi) is 12.7. The van der Waals surface area contributed by atoms with E-state index in [0.29, 0.717) is 0 Å². The van der Waals surface area contributed by atoms with Gasteiger partial charge in [0.05, 0.1) is 6.16 Å². The molecule has 0 radical (unpaired) electrons. The van der Waals surface area contributed by atoms with Crippen molar-refractivity contribution in [3.05, 3.63) is 35.9 Å². The van der Waals surface area contributed by atoms with Crippen LogP contribution in [0.1, 0.15) is 5.56 Å². The highest BCUT2D eigenvalue weighted by Crippen LogP contribution is 2.49. The van der Waals surface area contributed by atoms with Crippen LogP contribution in [-0.2, 0) is 6.16 Å². The fraction of sp³-hybridized carbons (Fsp3) is 0.400. The Bertz CT molecular complexity index is 221. The van der Waals surface area contributed by atoms with Gasteiger partial charge in [-0.15, -0.1) is 17.0 Å². The van der Waals surface area contributed by atoms with Crippen LogP contribution in [-0.4, -0.2) is 20.0 Å². The predicted molar refractivity (Wildman–Crippen MR) is 70.2 cm³/mol. The zero-order chi connectivity index (χ0) is 8.32. The summed E-state index contributed by atoms with van der Waals surface area (Å²) in [6.07, 6.45) is 1.27. The molecule has 0 unspecified atom stereocenters. The molecule has 0 heterocycles. The normalized spacial score (nSPS) is 9.07. The first kappa shape index (κ1) is 20.0. The van der Waals surface area contributed by atoms with Crippen LogP contribution in [0.5, 0.6) is 0 Å². The van der Waals surface area contributed by atoms with Crippen LogP contribution in [0.3, 0.4) is 0 Å². The van der Waals surface area contributed by atoms with Crippen LogP contribution in [0.4, 0.5) is 0 Å². The summed E-state index contributed by atoms with van der Waals surface area (Å²) in [7, 11) is -0.638. The lowest BCUT2D eigenvalue weighted by Crippen LogP contribution is -3.00. The maximum atomic E-state index is 2.38. The van der Waals surface area contributed by atoms with Crippen molar-refractivity contribution in [1.29, 1.82) is 0 Å². The second-order valence-corrected chi connectivity index (χ2v) is 8.83. The zero-order valence-corrected chi connectivity index (χ0v) is 13.2. The Morgan fingerprint density at radius 1 is 1.00 bits per heavy atom. The Hall–Kier alpha value is 0.570. The third-order valence-electron chi connectivity index (χ3n) is 1.50. The molecule has 0 amide bonds. The molecule has 3 N–H and O–H groups in total. The first-order valence-electron chi connectivity index (χ1n) is 3.92.